The van der Waals surface area contributed by atoms with E-state index in [-0.39, 0.29) is 6.61 Å². The molecule has 2 rings (SSSR count). The lowest BCUT2D eigenvalue weighted by atomic mass is 10.1. The third-order valence-corrected chi connectivity index (χ3v) is 4.41. The van der Waals surface area contributed by atoms with Crippen LogP contribution in [0.25, 0.3) is 0 Å². The SMILES string of the molecule is CCN1CCN(c2ccccc2CN(CC)CCO)CC1. The average molecular weight is 291 g/mol. The Morgan fingerprint density at radius 1 is 1.10 bits per heavy atom. The fourth-order valence-electron chi connectivity index (χ4n) is 2.99. The van der Waals surface area contributed by atoms with E-state index in [1.807, 2.05) is 0 Å². The van der Waals surface area contributed by atoms with Gasteiger partial charge in [-0.25, -0.2) is 0 Å². The van der Waals surface area contributed by atoms with Crippen LogP contribution in [0.15, 0.2) is 24.3 Å². The highest BCUT2D eigenvalue weighted by Crippen LogP contribution is 2.23. The quantitative estimate of drug-likeness (QED) is 0.827. The second kappa shape index (κ2) is 8.37. The minimum atomic E-state index is 0.227. The summed E-state index contributed by atoms with van der Waals surface area (Å²) in [4.78, 5) is 7.30. The summed E-state index contributed by atoms with van der Waals surface area (Å²) >= 11 is 0. The first-order valence-corrected chi connectivity index (χ1v) is 8.16. The molecule has 0 saturated carbocycles. The predicted octanol–water partition coefficient (Wildman–Crippen LogP) is 1.64. The molecule has 1 aromatic rings. The van der Waals surface area contributed by atoms with Crippen LogP contribution in [0, 0.1) is 0 Å². The van der Waals surface area contributed by atoms with E-state index < -0.39 is 0 Å². The first kappa shape index (κ1) is 16.3. The van der Waals surface area contributed by atoms with E-state index >= 15 is 0 Å². The van der Waals surface area contributed by atoms with Gasteiger partial charge >= 0.3 is 0 Å². The summed E-state index contributed by atoms with van der Waals surface area (Å²) in [5.74, 6) is 0. The van der Waals surface area contributed by atoms with Gasteiger partial charge in [-0.05, 0) is 24.7 Å². The molecule has 0 aliphatic carbocycles. The number of anilines is 1. The van der Waals surface area contributed by atoms with E-state index in [0.29, 0.717) is 0 Å². The molecule has 1 aromatic carbocycles. The maximum absolute atomic E-state index is 9.16. The Labute approximate surface area is 129 Å². The number of nitrogens with zero attached hydrogens (tertiary/aromatic N) is 3. The zero-order valence-corrected chi connectivity index (χ0v) is 13.5. The van der Waals surface area contributed by atoms with E-state index in [2.05, 4.69) is 52.8 Å². The first-order valence-electron chi connectivity index (χ1n) is 8.16. The van der Waals surface area contributed by atoms with Crippen molar-refractivity contribution in [2.75, 3.05) is 57.3 Å². The summed E-state index contributed by atoms with van der Waals surface area (Å²) in [6.07, 6.45) is 0. The molecule has 0 atom stereocenters. The monoisotopic (exact) mass is 291 g/mol. The van der Waals surface area contributed by atoms with Gasteiger partial charge in [-0.15, -0.1) is 0 Å². The van der Waals surface area contributed by atoms with Gasteiger partial charge in [0.05, 0.1) is 6.61 Å². The lowest BCUT2D eigenvalue weighted by Gasteiger charge is -2.37. The summed E-state index contributed by atoms with van der Waals surface area (Å²) in [7, 11) is 0. The number of likely N-dealkylation sites (N-methyl/N-ethyl adjacent to an activating group) is 2. The lowest BCUT2D eigenvalue weighted by molar-refractivity contribution is 0.196. The maximum atomic E-state index is 9.16. The van der Waals surface area contributed by atoms with E-state index in [9.17, 15) is 0 Å². The zero-order valence-electron chi connectivity index (χ0n) is 13.5. The Morgan fingerprint density at radius 3 is 2.43 bits per heavy atom. The van der Waals surface area contributed by atoms with Gasteiger partial charge in [-0.2, -0.15) is 0 Å². The Hall–Kier alpha value is -1.10. The molecule has 4 heteroatoms. The van der Waals surface area contributed by atoms with Crippen LogP contribution in [-0.4, -0.2) is 67.3 Å². The van der Waals surface area contributed by atoms with Crippen LogP contribution in [0.2, 0.25) is 0 Å². The van der Waals surface area contributed by atoms with Crippen LogP contribution in [0.1, 0.15) is 19.4 Å². The van der Waals surface area contributed by atoms with Gasteiger partial charge in [0.15, 0.2) is 0 Å². The number of aliphatic hydroxyl groups excluding tert-OH is 1. The molecule has 0 radical (unpaired) electrons. The van der Waals surface area contributed by atoms with Crippen LogP contribution >= 0.6 is 0 Å². The summed E-state index contributed by atoms with van der Waals surface area (Å²) in [5, 5.41) is 9.16. The minimum absolute atomic E-state index is 0.227. The molecule has 118 valence electrons. The van der Waals surface area contributed by atoms with Crippen molar-refractivity contribution in [3.63, 3.8) is 0 Å². The normalized spacial score (nSPS) is 16.7. The number of aliphatic hydroxyl groups is 1. The first-order chi connectivity index (χ1) is 10.3. The van der Waals surface area contributed by atoms with Crippen LogP contribution < -0.4 is 4.90 Å². The molecule has 0 aromatic heterocycles. The van der Waals surface area contributed by atoms with Crippen LogP contribution in [0.4, 0.5) is 5.69 Å². The van der Waals surface area contributed by atoms with Crippen molar-refractivity contribution in [2.24, 2.45) is 0 Å². The van der Waals surface area contributed by atoms with Crippen LogP contribution in [-0.2, 0) is 6.54 Å². The van der Waals surface area contributed by atoms with Crippen molar-refractivity contribution in [3.8, 4) is 0 Å². The minimum Gasteiger partial charge on any atom is -0.395 e. The Balaban J connectivity index is 2.06. The van der Waals surface area contributed by atoms with E-state index in [1.165, 1.54) is 11.3 Å². The fourth-order valence-corrected chi connectivity index (χ4v) is 2.99. The molecule has 21 heavy (non-hydrogen) atoms. The molecular weight excluding hydrogens is 262 g/mol. The second-order valence-corrected chi connectivity index (χ2v) is 5.64. The fraction of sp³-hybridized carbons (Fsp3) is 0.647. The van der Waals surface area contributed by atoms with E-state index in [4.69, 9.17) is 5.11 Å². The average Bonchev–Trinajstić information content (AvgIpc) is 2.55. The summed E-state index contributed by atoms with van der Waals surface area (Å²) < 4.78 is 0. The van der Waals surface area contributed by atoms with E-state index in [1.54, 1.807) is 0 Å². The molecule has 1 saturated heterocycles. The molecule has 1 aliphatic rings. The molecule has 0 spiro atoms. The molecule has 1 N–H and O–H groups in total. The van der Waals surface area contributed by atoms with Gasteiger partial charge in [0, 0.05) is 45.0 Å². The number of piperazine rings is 1. The summed E-state index contributed by atoms with van der Waals surface area (Å²) in [6.45, 7) is 12.9. The number of hydrogen-bond acceptors (Lipinski definition) is 4. The van der Waals surface area contributed by atoms with Crippen molar-refractivity contribution < 1.29 is 5.11 Å². The third-order valence-electron chi connectivity index (χ3n) is 4.41. The summed E-state index contributed by atoms with van der Waals surface area (Å²) in [5.41, 5.74) is 2.74. The molecular formula is C17H29N3O. The topological polar surface area (TPSA) is 30.0 Å². The van der Waals surface area contributed by atoms with Crippen molar-refractivity contribution in [1.82, 2.24) is 9.80 Å². The number of benzene rings is 1. The highest BCUT2D eigenvalue weighted by atomic mass is 16.3. The van der Waals surface area contributed by atoms with Gasteiger partial charge in [-0.1, -0.05) is 32.0 Å². The van der Waals surface area contributed by atoms with E-state index in [0.717, 1.165) is 52.4 Å². The highest BCUT2D eigenvalue weighted by molar-refractivity contribution is 5.54. The van der Waals surface area contributed by atoms with Gasteiger partial charge in [0.1, 0.15) is 0 Å². The van der Waals surface area contributed by atoms with Crippen LogP contribution in [0.5, 0.6) is 0 Å². The van der Waals surface area contributed by atoms with Gasteiger partial charge in [0.2, 0.25) is 0 Å². The molecule has 0 amide bonds. The van der Waals surface area contributed by atoms with Gasteiger partial charge in [-0.3, -0.25) is 4.90 Å². The smallest absolute Gasteiger partial charge is 0.0558 e. The number of para-hydroxylation sites is 1. The van der Waals surface area contributed by atoms with Crippen molar-refractivity contribution in [1.29, 1.82) is 0 Å². The zero-order chi connectivity index (χ0) is 15.1. The van der Waals surface area contributed by atoms with Crippen molar-refractivity contribution >= 4 is 5.69 Å². The maximum Gasteiger partial charge on any atom is 0.0558 e. The molecule has 4 nitrogen and oxygen atoms in total. The standard InChI is InChI=1S/C17H29N3O/c1-3-18-9-11-20(12-10-18)17-8-6-5-7-16(17)15-19(4-2)13-14-21/h5-8,21H,3-4,9-15H2,1-2H3. The van der Waals surface area contributed by atoms with Crippen LogP contribution in [0.3, 0.4) is 0 Å². The third kappa shape index (κ3) is 4.43. The number of hydrogen-bond donors (Lipinski definition) is 1. The number of rotatable bonds is 7. The van der Waals surface area contributed by atoms with Crippen molar-refractivity contribution in [2.45, 2.75) is 20.4 Å². The second-order valence-electron chi connectivity index (χ2n) is 5.64. The predicted molar refractivity (Wildman–Crippen MR) is 88.8 cm³/mol. The molecule has 1 aliphatic heterocycles. The van der Waals surface area contributed by atoms with Crippen molar-refractivity contribution in [3.05, 3.63) is 29.8 Å². The Morgan fingerprint density at radius 2 is 1.81 bits per heavy atom. The van der Waals surface area contributed by atoms with Gasteiger partial charge < -0.3 is 14.9 Å². The summed E-state index contributed by atoms with van der Waals surface area (Å²) in [6, 6.07) is 8.71. The highest BCUT2D eigenvalue weighted by Gasteiger charge is 2.18. The largest absolute Gasteiger partial charge is 0.395 e. The molecule has 0 unspecified atom stereocenters. The Kier molecular flexibility index (Phi) is 6.49. The van der Waals surface area contributed by atoms with Gasteiger partial charge in [0.25, 0.3) is 0 Å². The molecule has 1 heterocycles. The lowest BCUT2D eigenvalue weighted by Crippen LogP contribution is -2.46. The molecule has 0 bridgehead atoms. The Bertz CT molecular complexity index is 416. The molecule has 1 fully saturated rings.